The number of nitrogens with one attached hydrogen (secondary N) is 1. The zero-order chi connectivity index (χ0) is 22.4. The lowest BCUT2D eigenvalue weighted by molar-refractivity contribution is 0.0900. The van der Waals surface area contributed by atoms with Crippen LogP contribution in [0, 0.1) is 5.82 Å². The Hall–Kier alpha value is -2.54. The summed E-state index contributed by atoms with van der Waals surface area (Å²) in [6, 6.07) is 14.3. The van der Waals surface area contributed by atoms with Crippen LogP contribution in [-0.4, -0.2) is 31.4 Å². The highest BCUT2D eigenvalue weighted by atomic mass is 35.5. The first kappa shape index (κ1) is 23.1. The molecule has 0 aliphatic carbocycles. The Labute approximate surface area is 190 Å². The molecule has 0 fully saturated rings. The summed E-state index contributed by atoms with van der Waals surface area (Å²) < 4.78 is 24.3. The van der Waals surface area contributed by atoms with Crippen LogP contribution >= 0.6 is 23.2 Å². The second-order valence-corrected chi connectivity index (χ2v) is 8.14. The van der Waals surface area contributed by atoms with Gasteiger partial charge in [-0.3, -0.25) is 4.79 Å². The van der Waals surface area contributed by atoms with Gasteiger partial charge in [-0.05, 0) is 75.1 Å². The monoisotopic (exact) mass is 464 g/mol. The van der Waals surface area contributed by atoms with Crippen LogP contribution in [0.25, 0.3) is 0 Å². The second-order valence-electron chi connectivity index (χ2n) is 7.30. The van der Waals surface area contributed by atoms with E-state index in [0.717, 1.165) is 18.5 Å². The molecule has 31 heavy (non-hydrogen) atoms. The molecule has 164 valence electrons. The van der Waals surface area contributed by atoms with E-state index in [1.165, 1.54) is 18.2 Å². The zero-order valence-electron chi connectivity index (χ0n) is 17.2. The SMILES string of the molecule is CN(C)CCC(NC(=O)c1ccc(COc2ccc(F)cc2Cl)o1)c1ccc(Cl)cc1. The van der Waals surface area contributed by atoms with Gasteiger partial charge in [0.2, 0.25) is 0 Å². The first-order chi connectivity index (χ1) is 14.8. The molecule has 0 aliphatic rings. The Balaban J connectivity index is 1.65. The maximum atomic E-state index is 13.1. The van der Waals surface area contributed by atoms with Crippen molar-refractivity contribution < 1.29 is 18.3 Å². The maximum Gasteiger partial charge on any atom is 0.287 e. The lowest BCUT2D eigenvalue weighted by atomic mass is 10.0. The molecule has 0 spiro atoms. The van der Waals surface area contributed by atoms with E-state index in [4.69, 9.17) is 32.4 Å². The number of amides is 1. The molecule has 0 radical (unpaired) electrons. The summed E-state index contributed by atoms with van der Waals surface area (Å²) in [7, 11) is 3.96. The number of ether oxygens (including phenoxy) is 1. The molecule has 1 amide bonds. The van der Waals surface area contributed by atoms with Crippen molar-refractivity contribution in [2.45, 2.75) is 19.1 Å². The van der Waals surface area contributed by atoms with Gasteiger partial charge in [-0.2, -0.15) is 0 Å². The molecule has 1 unspecified atom stereocenters. The maximum absolute atomic E-state index is 13.1. The molecule has 1 atom stereocenters. The number of rotatable bonds is 9. The van der Waals surface area contributed by atoms with E-state index in [0.29, 0.717) is 16.5 Å². The summed E-state index contributed by atoms with van der Waals surface area (Å²) in [6.07, 6.45) is 0.722. The fourth-order valence-corrected chi connectivity index (χ4v) is 3.30. The topological polar surface area (TPSA) is 54.7 Å². The predicted octanol–water partition coefficient (Wildman–Crippen LogP) is 5.73. The average molecular weight is 465 g/mol. The first-order valence-corrected chi connectivity index (χ1v) is 10.4. The van der Waals surface area contributed by atoms with Crippen LogP contribution in [0.1, 0.15) is 34.3 Å². The van der Waals surface area contributed by atoms with Crippen molar-refractivity contribution in [1.29, 1.82) is 0 Å². The first-order valence-electron chi connectivity index (χ1n) is 9.69. The van der Waals surface area contributed by atoms with Gasteiger partial charge in [0, 0.05) is 5.02 Å². The lowest BCUT2D eigenvalue weighted by Crippen LogP contribution is -2.30. The number of halogens is 3. The Kier molecular flexibility index (Phi) is 7.96. The van der Waals surface area contributed by atoms with Gasteiger partial charge in [-0.1, -0.05) is 35.3 Å². The third-order valence-corrected chi connectivity index (χ3v) is 5.14. The fraction of sp³-hybridized carbons (Fsp3) is 0.261. The fourth-order valence-electron chi connectivity index (χ4n) is 2.95. The Morgan fingerprint density at radius 2 is 1.87 bits per heavy atom. The minimum atomic E-state index is -0.446. The number of hydrogen-bond acceptors (Lipinski definition) is 4. The van der Waals surface area contributed by atoms with E-state index in [2.05, 4.69) is 10.2 Å². The van der Waals surface area contributed by atoms with Crippen LogP contribution in [0.15, 0.2) is 59.0 Å². The van der Waals surface area contributed by atoms with Crippen LogP contribution in [0.3, 0.4) is 0 Å². The Morgan fingerprint density at radius 3 is 2.55 bits per heavy atom. The van der Waals surface area contributed by atoms with Crippen LogP contribution in [0.2, 0.25) is 10.0 Å². The van der Waals surface area contributed by atoms with Gasteiger partial charge in [-0.25, -0.2) is 4.39 Å². The normalized spacial score (nSPS) is 12.1. The molecule has 0 bridgehead atoms. The summed E-state index contributed by atoms with van der Waals surface area (Å²) in [6.45, 7) is 0.850. The van der Waals surface area contributed by atoms with Gasteiger partial charge in [0.25, 0.3) is 5.91 Å². The van der Waals surface area contributed by atoms with Crippen molar-refractivity contribution in [1.82, 2.24) is 10.2 Å². The standard InChI is InChI=1S/C23H23Cl2FN2O3/c1-28(2)12-11-20(15-3-5-16(24)6-4-15)27-23(29)22-10-8-18(31-22)14-30-21-9-7-17(26)13-19(21)25/h3-10,13,20H,11-12,14H2,1-2H3,(H,27,29). The number of carbonyl (C=O) groups excluding carboxylic acids is 1. The van der Waals surface area contributed by atoms with E-state index >= 15 is 0 Å². The van der Waals surface area contributed by atoms with Crippen molar-refractivity contribution in [3.05, 3.63) is 87.5 Å². The molecule has 2 aromatic carbocycles. The molecule has 3 aromatic rings. The Bertz CT molecular complexity index is 1020. The summed E-state index contributed by atoms with van der Waals surface area (Å²) in [5.74, 6) is 0.176. The van der Waals surface area contributed by atoms with Crippen molar-refractivity contribution in [3.63, 3.8) is 0 Å². The lowest BCUT2D eigenvalue weighted by Gasteiger charge is -2.21. The average Bonchev–Trinajstić information content (AvgIpc) is 3.20. The van der Waals surface area contributed by atoms with Crippen molar-refractivity contribution >= 4 is 29.1 Å². The molecule has 1 heterocycles. The van der Waals surface area contributed by atoms with E-state index in [1.54, 1.807) is 24.3 Å². The smallest absolute Gasteiger partial charge is 0.287 e. The highest BCUT2D eigenvalue weighted by molar-refractivity contribution is 6.32. The molecular formula is C23H23Cl2FN2O3. The van der Waals surface area contributed by atoms with Gasteiger partial charge in [0.15, 0.2) is 5.76 Å². The number of hydrogen-bond donors (Lipinski definition) is 1. The number of carbonyl (C=O) groups is 1. The van der Waals surface area contributed by atoms with E-state index in [9.17, 15) is 9.18 Å². The molecule has 8 heteroatoms. The van der Waals surface area contributed by atoms with Crippen LogP contribution in [0.4, 0.5) is 4.39 Å². The minimum Gasteiger partial charge on any atom is -0.484 e. The minimum absolute atomic E-state index is 0.0554. The summed E-state index contributed by atoms with van der Waals surface area (Å²) in [5.41, 5.74) is 0.959. The van der Waals surface area contributed by atoms with Crippen LogP contribution in [-0.2, 0) is 6.61 Å². The van der Waals surface area contributed by atoms with Gasteiger partial charge < -0.3 is 19.4 Å². The molecule has 3 rings (SSSR count). The van der Waals surface area contributed by atoms with Crippen molar-refractivity contribution in [2.24, 2.45) is 0 Å². The highest BCUT2D eigenvalue weighted by Crippen LogP contribution is 2.26. The van der Waals surface area contributed by atoms with E-state index in [1.807, 2.05) is 26.2 Å². The van der Waals surface area contributed by atoms with Gasteiger partial charge in [0.1, 0.15) is 23.9 Å². The summed E-state index contributed by atoms with van der Waals surface area (Å²) in [4.78, 5) is 14.8. The quantitative estimate of drug-likeness (QED) is 0.439. The summed E-state index contributed by atoms with van der Waals surface area (Å²) in [5, 5.41) is 3.82. The predicted molar refractivity (Wildman–Crippen MR) is 119 cm³/mol. The molecule has 0 saturated heterocycles. The van der Waals surface area contributed by atoms with Crippen LogP contribution < -0.4 is 10.1 Å². The molecule has 5 nitrogen and oxygen atoms in total. The van der Waals surface area contributed by atoms with Gasteiger partial charge >= 0.3 is 0 Å². The largest absolute Gasteiger partial charge is 0.484 e. The number of nitrogens with zero attached hydrogens (tertiary/aromatic N) is 1. The molecule has 0 saturated carbocycles. The van der Waals surface area contributed by atoms with Gasteiger partial charge in [-0.15, -0.1) is 0 Å². The molecule has 1 N–H and O–H groups in total. The van der Waals surface area contributed by atoms with Crippen LogP contribution in [0.5, 0.6) is 5.75 Å². The zero-order valence-corrected chi connectivity index (χ0v) is 18.7. The molecular weight excluding hydrogens is 442 g/mol. The summed E-state index contributed by atoms with van der Waals surface area (Å²) >= 11 is 11.9. The van der Waals surface area contributed by atoms with E-state index in [-0.39, 0.29) is 29.3 Å². The third kappa shape index (κ3) is 6.72. The Morgan fingerprint density at radius 1 is 1.13 bits per heavy atom. The third-order valence-electron chi connectivity index (χ3n) is 4.59. The molecule has 1 aromatic heterocycles. The van der Waals surface area contributed by atoms with Gasteiger partial charge in [0.05, 0.1) is 11.1 Å². The number of benzene rings is 2. The van der Waals surface area contributed by atoms with Crippen molar-refractivity contribution in [3.8, 4) is 5.75 Å². The number of furan rings is 1. The second kappa shape index (κ2) is 10.7. The molecule has 0 aliphatic heterocycles. The highest BCUT2D eigenvalue weighted by Gasteiger charge is 2.19. The van der Waals surface area contributed by atoms with E-state index < -0.39 is 5.82 Å². The van der Waals surface area contributed by atoms with Crippen molar-refractivity contribution in [2.75, 3.05) is 20.6 Å².